The predicted octanol–water partition coefficient (Wildman–Crippen LogP) is 2.06. The van der Waals surface area contributed by atoms with Crippen LogP contribution >= 0.6 is 0 Å². The van der Waals surface area contributed by atoms with Crippen molar-refractivity contribution < 1.29 is 23.4 Å². The molecular formula is C14H18F2O3. The van der Waals surface area contributed by atoms with Crippen molar-refractivity contribution in [2.24, 2.45) is 0 Å². The van der Waals surface area contributed by atoms with Crippen LogP contribution in [0.25, 0.3) is 0 Å². The van der Waals surface area contributed by atoms with Crippen LogP contribution in [0.4, 0.5) is 8.78 Å². The number of ether oxygens (including phenoxy) is 2. The first-order valence-electron chi connectivity index (χ1n) is 6.32. The van der Waals surface area contributed by atoms with Gasteiger partial charge in [0.2, 0.25) is 0 Å². The van der Waals surface area contributed by atoms with Gasteiger partial charge in [0.25, 0.3) is 0 Å². The Morgan fingerprint density at radius 1 is 1.37 bits per heavy atom. The fourth-order valence-electron chi connectivity index (χ4n) is 2.48. The van der Waals surface area contributed by atoms with Crippen molar-refractivity contribution in [1.82, 2.24) is 0 Å². The molecule has 5 heteroatoms. The summed E-state index contributed by atoms with van der Waals surface area (Å²) in [4.78, 5) is 0. The molecule has 0 amide bonds. The Balaban J connectivity index is 2.14. The van der Waals surface area contributed by atoms with Gasteiger partial charge >= 0.3 is 0 Å². The Hall–Kier alpha value is -1.04. The average Bonchev–Trinajstić information content (AvgIpc) is 2.43. The summed E-state index contributed by atoms with van der Waals surface area (Å²) in [5.41, 5.74) is -0.577. The van der Waals surface area contributed by atoms with Crippen molar-refractivity contribution in [2.75, 3.05) is 20.3 Å². The molecule has 3 nitrogen and oxygen atoms in total. The van der Waals surface area contributed by atoms with Gasteiger partial charge in [0.05, 0.1) is 11.7 Å². The maximum atomic E-state index is 13.6. The zero-order valence-corrected chi connectivity index (χ0v) is 10.9. The van der Waals surface area contributed by atoms with Crippen LogP contribution in [0.2, 0.25) is 0 Å². The molecule has 19 heavy (non-hydrogen) atoms. The monoisotopic (exact) mass is 272 g/mol. The highest BCUT2D eigenvalue weighted by Gasteiger charge is 2.40. The number of rotatable bonds is 4. The van der Waals surface area contributed by atoms with Gasteiger partial charge in [-0.05, 0) is 23.8 Å². The molecule has 1 N–H and O–H groups in total. The molecule has 0 aliphatic carbocycles. The van der Waals surface area contributed by atoms with E-state index < -0.39 is 23.3 Å². The minimum absolute atomic E-state index is 0.0252. The number of methoxy groups -OCH3 is 1. The number of halogens is 2. The number of benzene rings is 1. The molecule has 1 aromatic rings. The number of hydrogen-bond donors (Lipinski definition) is 1. The van der Waals surface area contributed by atoms with Crippen molar-refractivity contribution in [3.63, 3.8) is 0 Å². The van der Waals surface area contributed by atoms with Crippen LogP contribution in [-0.2, 0) is 15.9 Å². The van der Waals surface area contributed by atoms with Crippen molar-refractivity contribution in [3.8, 4) is 0 Å². The fraction of sp³-hybridized carbons (Fsp3) is 0.571. The highest BCUT2D eigenvalue weighted by atomic mass is 19.1. The lowest BCUT2D eigenvalue weighted by atomic mass is 9.84. The first-order chi connectivity index (χ1) is 9.07. The summed E-state index contributed by atoms with van der Waals surface area (Å²) in [6, 6.07) is 3.24. The number of hydrogen-bond acceptors (Lipinski definition) is 3. The molecule has 1 aliphatic rings. The summed E-state index contributed by atoms with van der Waals surface area (Å²) in [7, 11) is 1.52. The highest BCUT2D eigenvalue weighted by Crippen LogP contribution is 2.30. The molecule has 106 valence electrons. The first-order valence-corrected chi connectivity index (χ1v) is 6.32. The summed E-state index contributed by atoms with van der Waals surface area (Å²) in [6.07, 6.45) is 0.221. The van der Waals surface area contributed by atoms with E-state index in [1.165, 1.54) is 7.11 Å². The van der Waals surface area contributed by atoms with Crippen LogP contribution in [0.1, 0.15) is 18.4 Å². The molecule has 1 saturated heterocycles. The Morgan fingerprint density at radius 2 is 2.05 bits per heavy atom. The Kier molecular flexibility index (Phi) is 4.50. The lowest BCUT2D eigenvalue weighted by molar-refractivity contribution is -0.151. The third-order valence-corrected chi connectivity index (χ3v) is 3.77. The summed E-state index contributed by atoms with van der Waals surface area (Å²) in [6.45, 7) is 0.993. The largest absolute Gasteiger partial charge is 0.390 e. The zero-order chi connectivity index (χ0) is 13.9. The van der Waals surface area contributed by atoms with E-state index in [4.69, 9.17) is 9.47 Å². The smallest absolute Gasteiger partial charge is 0.126 e. The first kappa shape index (κ1) is 14.4. The van der Waals surface area contributed by atoms with E-state index in [-0.39, 0.29) is 12.0 Å². The second-order valence-electron chi connectivity index (χ2n) is 4.84. The van der Waals surface area contributed by atoms with Gasteiger partial charge in [0, 0.05) is 39.6 Å². The third-order valence-electron chi connectivity index (χ3n) is 3.77. The van der Waals surface area contributed by atoms with Gasteiger partial charge in [-0.25, -0.2) is 8.78 Å². The molecule has 1 heterocycles. The SMILES string of the molecule is COC1(C(O)Cc2cc(F)ccc2F)CCOCC1. The van der Waals surface area contributed by atoms with E-state index in [0.29, 0.717) is 26.1 Å². The summed E-state index contributed by atoms with van der Waals surface area (Å²) in [5.74, 6) is -1.03. The lowest BCUT2D eigenvalue weighted by Crippen LogP contribution is -2.49. The van der Waals surface area contributed by atoms with Crippen LogP contribution in [0.15, 0.2) is 18.2 Å². The Labute approximate surface area is 111 Å². The zero-order valence-electron chi connectivity index (χ0n) is 10.9. The van der Waals surface area contributed by atoms with Gasteiger partial charge in [-0.2, -0.15) is 0 Å². The lowest BCUT2D eigenvalue weighted by Gasteiger charge is -2.39. The van der Waals surface area contributed by atoms with Crippen molar-refractivity contribution in [3.05, 3.63) is 35.4 Å². The van der Waals surface area contributed by atoms with Crippen LogP contribution in [0.5, 0.6) is 0 Å². The second kappa shape index (κ2) is 5.94. The van der Waals surface area contributed by atoms with Crippen molar-refractivity contribution in [1.29, 1.82) is 0 Å². The van der Waals surface area contributed by atoms with Gasteiger partial charge in [0.1, 0.15) is 11.6 Å². The predicted molar refractivity (Wildman–Crippen MR) is 65.9 cm³/mol. The minimum atomic E-state index is -0.891. The second-order valence-corrected chi connectivity index (χ2v) is 4.84. The third kappa shape index (κ3) is 3.11. The van der Waals surface area contributed by atoms with Gasteiger partial charge in [-0.15, -0.1) is 0 Å². The molecule has 0 radical (unpaired) electrons. The van der Waals surface area contributed by atoms with Crippen LogP contribution < -0.4 is 0 Å². The molecule has 0 bridgehead atoms. The normalized spacial score (nSPS) is 20.2. The van der Waals surface area contributed by atoms with Crippen molar-refractivity contribution >= 4 is 0 Å². The molecule has 1 aromatic carbocycles. The molecule has 2 rings (SSSR count). The summed E-state index contributed by atoms with van der Waals surface area (Å²) < 4.78 is 37.4. The maximum Gasteiger partial charge on any atom is 0.126 e. The molecule has 1 unspecified atom stereocenters. The number of aliphatic hydroxyl groups excluding tert-OH is 1. The summed E-state index contributed by atoms with van der Waals surface area (Å²) in [5, 5.41) is 10.3. The molecule has 1 atom stereocenters. The molecule has 0 aromatic heterocycles. The summed E-state index contributed by atoms with van der Waals surface area (Å²) >= 11 is 0. The van der Waals surface area contributed by atoms with Crippen molar-refractivity contribution in [2.45, 2.75) is 31.0 Å². The van der Waals surface area contributed by atoms with Gasteiger partial charge in [0.15, 0.2) is 0 Å². The highest BCUT2D eigenvalue weighted by molar-refractivity contribution is 5.20. The van der Waals surface area contributed by atoms with E-state index in [9.17, 15) is 13.9 Å². The van der Waals surface area contributed by atoms with Gasteiger partial charge in [-0.3, -0.25) is 0 Å². The topological polar surface area (TPSA) is 38.7 Å². The van der Waals surface area contributed by atoms with E-state index in [1.54, 1.807) is 0 Å². The van der Waals surface area contributed by atoms with Gasteiger partial charge < -0.3 is 14.6 Å². The standard InChI is InChI=1S/C14H18F2O3/c1-18-14(4-6-19-7-5-14)13(17)9-10-8-11(15)2-3-12(10)16/h2-3,8,13,17H,4-7,9H2,1H3. The fourth-order valence-corrected chi connectivity index (χ4v) is 2.48. The minimum Gasteiger partial charge on any atom is -0.390 e. The number of aliphatic hydroxyl groups is 1. The Morgan fingerprint density at radius 3 is 2.68 bits per heavy atom. The van der Waals surface area contributed by atoms with Crippen LogP contribution in [0.3, 0.4) is 0 Å². The van der Waals surface area contributed by atoms with E-state index in [2.05, 4.69) is 0 Å². The molecule has 1 aliphatic heterocycles. The van der Waals surface area contributed by atoms with E-state index in [0.717, 1.165) is 18.2 Å². The average molecular weight is 272 g/mol. The molecular weight excluding hydrogens is 254 g/mol. The quantitative estimate of drug-likeness (QED) is 0.912. The van der Waals surface area contributed by atoms with Gasteiger partial charge in [-0.1, -0.05) is 0 Å². The molecule has 0 saturated carbocycles. The molecule has 0 spiro atoms. The van der Waals surface area contributed by atoms with Crippen LogP contribution in [-0.4, -0.2) is 37.1 Å². The molecule has 1 fully saturated rings. The van der Waals surface area contributed by atoms with Crippen LogP contribution in [0, 0.1) is 11.6 Å². The maximum absolute atomic E-state index is 13.6. The van der Waals surface area contributed by atoms with E-state index >= 15 is 0 Å². The Bertz CT molecular complexity index is 431. The van der Waals surface area contributed by atoms with E-state index in [1.807, 2.05) is 0 Å².